The summed E-state index contributed by atoms with van der Waals surface area (Å²) in [5, 5.41) is 6.31. The normalized spacial score (nSPS) is 10.8. The van der Waals surface area contributed by atoms with Crippen LogP contribution < -0.4 is 14.8 Å². The summed E-state index contributed by atoms with van der Waals surface area (Å²) in [6.45, 7) is -1.37. The molecule has 1 heterocycles. The van der Waals surface area contributed by atoms with Crippen molar-refractivity contribution in [3.05, 3.63) is 71.4 Å². The van der Waals surface area contributed by atoms with E-state index in [4.69, 9.17) is 9.26 Å². The van der Waals surface area contributed by atoms with Crippen molar-refractivity contribution in [2.24, 2.45) is 0 Å². The molecule has 0 aliphatic rings. The number of aryl methyl sites for hydroxylation is 1. The van der Waals surface area contributed by atoms with Crippen LogP contribution in [0.5, 0.6) is 11.5 Å². The van der Waals surface area contributed by atoms with Gasteiger partial charge in [-0.05, 0) is 43.3 Å². The third-order valence-electron chi connectivity index (χ3n) is 3.72. The van der Waals surface area contributed by atoms with Crippen LogP contribution in [0.25, 0.3) is 0 Å². The van der Waals surface area contributed by atoms with Crippen LogP contribution in [-0.2, 0) is 6.61 Å². The van der Waals surface area contributed by atoms with E-state index in [9.17, 15) is 18.0 Å². The number of nitrogens with zero attached hydrogens (tertiary/aromatic N) is 1. The second kappa shape index (κ2) is 8.47. The van der Waals surface area contributed by atoms with Crippen LogP contribution in [0.3, 0.4) is 0 Å². The lowest BCUT2D eigenvalue weighted by molar-refractivity contribution is -0.0498. The van der Waals surface area contributed by atoms with Gasteiger partial charge < -0.3 is 19.3 Å². The van der Waals surface area contributed by atoms with Crippen molar-refractivity contribution in [2.45, 2.75) is 20.1 Å². The summed E-state index contributed by atoms with van der Waals surface area (Å²) in [5.41, 5.74) is 0.755. The van der Waals surface area contributed by atoms with Crippen LogP contribution in [0, 0.1) is 12.7 Å². The number of hydrogen-bond acceptors (Lipinski definition) is 5. The predicted octanol–water partition coefficient (Wildman–Crippen LogP) is 4.55. The Labute approximate surface area is 157 Å². The number of anilines is 1. The molecule has 0 spiro atoms. The monoisotopic (exact) mass is 392 g/mol. The summed E-state index contributed by atoms with van der Waals surface area (Å²) in [6, 6.07) is 11.0. The molecule has 1 N–H and O–H groups in total. The molecule has 0 unspecified atom stereocenters. The fourth-order valence-electron chi connectivity index (χ4n) is 2.36. The van der Waals surface area contributed by atoms with Crippen molar-refractivity contribution in [2.75, 3.05) is 5.32 Å². The smallest absolute Gasteiger partial charge is 0.387 e. The van der Waals surface area contributed by atoms with Gasteiger partial charge in [-0.3, -0.25) is 4.79 Å². The molecule has 3 rings (SSSR count). The number of alkyl halides is 2. The Morgan fingerprint density at radius 2 is 1.93 bits per heavy atom. The molecule has 6 nitrogen and oxygen atoms in total. The summed E-state index contributed by atoms with van der Waals surface area (Å²) in [4.78, 5) is 12.5. The number of carbonyl (C=O) groups is 1. The Kier molecular flexibility index (Phi) is 5.83. The van der Waals surface area contributed by atoms with E-state index in [1.807, 2.05) is 0 Å². The highest BCUT2D eigenvalue weighted by molar-refractivity contribution is 6.03. The molecular formula is C19H15F3N2O4. The van der Waals surface area contributed by atoms with Crippen molar-refractivity contribution in [3.63, 3.8) is 0 Å². The summed E-state index contributed by atoms with van der Waals surface area (Å²) < 4.78 is 52.4. The summed E-state index contributed by atoms with van der Waals surface area (Å²) in [7, 11) is 0. The standard InChI is InChI=1S/C19H15F3N2O4/c1-11-16(10-26-15-4-2-3-12(20)9-15)17(24-28-11)18(25)23-13-5-7-14(8-6-13)27-19(21)22/h2-9,19H,10H2,1H3,(H,23,25). The minimum Gasteiger partial charge on any atom is -0.489 e. The minimum atomic E-state index is -2.93. The number of nitrogens with one attached hydrogen (secondary N) is 1. The van der Waals surface area contributed by atoms with Crippen LogP contribution in [0.2, 0.25) is 0 Å². The molecule has 9 heteroatoms. The van der Waals surface area contributed by atoms with Gasteiger partial charge in [-0.15, -0.1) is 0 Å². The van der Waals surface area contributed by atoms with Crippen molar-refractivity contribution in [1.82, 2.24) is 5.16 Å². The topological polar surface area (TPSA) is 73.6 Å². The number of rotatable bonds is 7. The minimum absolute atomic E-state index is 0.00168. The molecule has 0 fully saturated rings. The zero-order chi connectivity index (χ0) is 20.1. The molecule has 1 aromatic heterocycles. The SMILES string of the molecule is Cc1onc(C(=O)Nc2ccc(OC(F)F)cc2)c1COc1cccc(F)c1. The maximum atomic E-state index is 13.2. The summed E-state index contributed by atoms with van der Waals surface area (Å²) >= 11 is 0. The van der Waals surface area contributed by atoms with E-state index in [-0.39, 0.29) is 18.1 Å². The molecule has 0 bridgehead atoms. The Bertz CT molecular complexity index is 958. The third kappa shape index (κ3) is 4.81. The number of halogens is 3. The van der Waals surface area contributed by atoms with E-state index in [1.54, 1.807) is 13.0 Å². The molecule has 0 saturated heterocycles. The van der Waals surface area contributed by atoms with Gasteiger partial charge in [0.05, 0.1) is 5.56 Å². The average molecular weight is 392 g/mol. The summed E-state index contributed by atoms with van der Waals surface area (Å²) in [6.07, 6.45) is 0. The Morgan fingerprint density at radius 1 is 1.18 bits per heavy atom. The van der Waals surface area contributed by atoms with Gasteiger partial charge in [0, 0.05) is 11.8 Å². The molecule has 0 radical (unpaired) electrons. The van der Waals surface area contributed by atoms with Crippen molar-refractivity contribution >= 4 is 11.6 Å². The van der Waals surface area contributed by atoms with Crippen LogP contribution in [-0.4, -0.2) is 17.7 Å². The second-order valence-corrected chi connectivity index (χ2v) is 5.67. The fourth-order valence-corrected chi connectivity index (χ4v) is 2.36. The van der Waals surface area contributed by atoms with Crippen LogP contribution >= 0.6 is 0 Å². The predicted molar refractivity (Wildman–Crippen MR) is 93.0 cm³/mol. The van der Waals surface area contributed by atoms with Gasteiger partial charge in [-0.1, -0.05) is 11.2 Å². The fraction of sp³-hybridized carbons (Fsp3) is 0.158. The van der Waals surface area contributed by atoms with Gasteiger partial charge in [-0.25, -0.2) is 4.39 Å². The first-order valence-corrected chi connectivity index (χ1v) is 8.12. The molecule has 3 aromatic rings. The van der Waals surface area contributed by atoms with Crippen LogP contribution in [0.1, 0.15) is 21.8 Å². The number of ether oxygens (including phenoxy) is 2. The van der Waals surface area contributed by atoms with Gasteiger partial charge in [0.25, 0.3) is 5.91 Å². The van der Waals surface area contributed by atoms with E-state index in [2.05, 4.69) is 15.2 Å². The lowest BCUT2D eigenvalue weighted by atomic mass is 10.2. The first-order valence-electron chi connectivity index (χ1n) is 8.12. The third-order valence-corrected chi connectivity index (χ3v) is 3.72. The maximum absolute atomic E-state index is 13.2. The number of carbonyl (C=O) groups excluding carboxylic acids is 1. The first-order chi connectivity index (χ1) is 13.4. The maximum Gasteiger partial charge on any atom is 0.387 e. The van der Waals surface area contributed by atoms with Gasteiger partial charge in [0.1, 0.15) is 29.7 Å². The van der Waals surface area contributed by atoms with Gasteiger partial charge in [0.15, 0.2) is 5.69 Å². The Balaban J connectivity index is 1.68. The number of hydrogen-bond donors (Lipinski definition) is 1. The molecule has 28 heavy (non-hydrogen) atoms. The molecule has 0 atom stereocenters. The lowest BCUT2D eigenvalue weighted by Gasteiger charge is -2.08. The van der Waals surface area contributed by atoms with E-state index >= 15 is 0 Å². The number of amides is 1. The first kappa shape index (κ1) is 19.3. The van der Waals surface area contributed by atoms with E-state index in [1.165, 1.54) is 42.5 Å². The molecular weight excluding hydrogens is 377 g/mol. The molecule has 2 aromatic carbocycles. The molecule has 0 aliphatic heterocycles. The Morgan fingerprint density at radius 3 is 2.61 bits per heavy atom. The zero-order valence-electron chi connectivity index (χ0n) is 14.6. The Hall–Kier alpha value is -3.49. The molecule has 0 aliphatic carbocycles. The van der Waals surface area contributed by atoms with Gasteiger partial charge in [0.2, 0.25) is 0 Å². The van der Waals surface area contributed by atoms with Crippen molar-refractivity contribution < 1.29 is 32.0 Å². The zero-order valence-corrected chi connectivity index (χ0v) is 14.6. The molecule has 0 saturated carbocycles. The largest absolute Gasteiger partial charge is 0.489 e. The van der Waals surface area contributed by atoms with Gasteiger partial charge >= 0.3 is 6.61 Å². The highest BCUT2D eigenvalue weighted by Crippen LogP contribution is 2.21. The van der Waals surface area contributed by atoms with Crippen LogP contribution in [0.4, 0.5) is 18.9 Å². The van der Waals surface area contributed by atoms with Crippen LogP contribution in [0.15, 0.2) is 53.1 Å². The van der Waals surface area contributed by atoms with Gasteiger partial charge in [-0.2, -0.15) is 8.78 Å². The summed E-state index contributed by atoms with van der Waals surface area (Å²) in [5.74, 6) is -0.382. The average Bonchev–Trinajstić information content (AvgIpc) is 3.02. The highest BCUT2D eigenvalue weighted by atomic mass is 19.3. The van der Waals surface area contributed by atoms with Crippen molar-refractivity contribution in [3.8, 4) is 11.5 Å². The molecule has 146 valence electrons. The quantitative estimate of drug-likeness (QED) is 0.638. The highest BCUT2D eigenvalue weighted by Gasteiger charge is 2.20. The van der Waals surface area contributed by atoms with E-state index in [0.717, 1.165) is 0 Å². The van der Waals surface area contributed by atoms with E-state index in [0.29, 0.717) is 22.8 Å². The van der Waals surface area contributed by atoms with E-state index < -0.39 is 18.3 Å². The second-order valence-electron chi connectivity index (χ2n) is 5.67. The number of aromatic nitrogens is 1. The number of benzene rings is 2. The lowest BCUT2D eigenvalue weighted by Crippen LogP contribution is -2.15. The van der Waals surface area contributed by atoms with Crippen molar-refractivity contribution in [1.29, 1.82) is 0 Å². The molecule has 1 amide bonds.